The number of nitrogens with zero attached hydrogens (tertiary/aromatic N) is 3. The topological polar surface area (TPSA) is 80.5 Å². The Hall–Kier alpha value is -1.63. The van der Waals surface area contributed by atoms with Crippen molar-refractivity contribution in [3.05, 3.63) is 5.82 Å². The number of nitrogens with one attached hydrogen (secondary N) is 1. The molecule has 0 spiro atoms. The number of hydrogen-bond donors (Lipinski definition) is 1. The molecule has 0 radical (unpaired) electrons. The first-order chi connectivity index (χ1) is 9.10. The number of amides is 2. The van der Waals surface area contributed by atoms with E-state index < -0.39 is 0 Å². The van der Waals surface area contributed by atoms with Gasteiger partial charge in [0, 0.05) is 19.5 Å². The van der Waals surface area contributed by atoms with Crippen LogP contribution >= 0.6 is 0 Å². The Kier molecular flexibility index (Phi) is 4.36. The fraction of sp³-hybridized carbons (Fsp3) is 0.750. The lowest BCUT2D eigenvalue weighted by Gasteiger charge is -2.34. The lowest BCUT2D eigenvalue weighted by atomic mass is 10.1. The summed E-state index contributed by atoms with van der Waals surface area (Å²) < 4.78 is 10.6. The van der Waals surface area contributed by atoms with Crippen LogP contribution in [0, 0.1) is 5.92 Å². The van der Waals surface area contributed by atoms with Gasteiger partial charge in [-0.15, -0.1) is 0 Å². The number of aryl methyl sites for hydroxylation is 1. The lowest BCUT2D eigenvalue weighted by molar-refractivity contribution is -0.0355. The molecular formula is C12H20N4O3. The summed E-state index contributed by atoms with van der Waals surface area (Å²) in [5.41, 5.74) is 0. The highest BCUT2D eigenvalue weighted by Gasteiger charge is 2.26. The van der Waals surface area contributed by atoms with Crippen molar-refractivity contribution in [2.75, 3.05) is 25.0 Å². The van der Waals surface area contributed by atoms with E-state index in [0.717, 1.165) is 0 Å². The quantitative estimate of drug-likeness (QED) is 0.899. The van der Waals surface area contributed by atoms with Crippen LogP contribution in [0.15, 0.2) is 4.52 Å². The molecule has 19 heavy (non-hydrogen) atoms. The minimum Gasteiger partial charge on any atom is -0.374 e. The van der Waals surface area contributed by atoms with Crippen LogP contribution in [0.4, 0.5) is 10.8 Å². The molecule has 1 unspecified atom stereocenters. The smallest absolute Gasteiger partial charge is 0.329 e. The van der Waals surface area contributed by atoms with E-state index in [1.807, 2.05) is 6.92 Å². The molecule has 0 bridgehead atoms. The Balaban J connectivity index is 1.92. The predicted octanol–water partition coefficient (Wildman–Crippen LogP) is 1.52. The molecule has 0 saturated carbocycles. The standard InChI is InChI=1S/C12H20N4O3/c1-4-10-13-11(19-15-10)14-12(17)16-5-6-18-9(7-16)8(2)3/h8-9H,4-7H2,1-3H3,(H,13,14,15,17). The molecule has 2 amide bonds. The third-order valence-corrected chi connectivity index (χ3v) is 3.12. The number of carbonyl (C=O) groups excluding carboxylic acids is 1. The number of morpholine rings is 1. The molecule has 7 heteroatoms. The first-order valence-corrected chi connectivity index (χ1v) is 6.60. The summed E-state index contributed by atoms with van der Waals surface area (Å²) in [4.78, 5) is 17.8. The highest BCUT2D eigenvalue weighted by Crippen LogP contribution is 2.14. The van der Waals surface area contributed by atoms with Crippen LogP contribution in [0.25, 0.3) is 0 Å². The molecule has 0 aromatic carbocycles. The molecule has 2 rings (SSSR count). The molecule has 1 fully saturated rings. The first kappa shape index (κ1) is 13.8. The summed E-state index contributed by atoms with van der Waals surface area (Å²) in [6, 6.07) is -0.0744. The van der Waals surface area contributed by atoms with Gasteiger partial charge < -0.3 is 14.2 Å². The Morgan fingerprint density at radius 1 is 1.58 bits per heavy atom. The van der Waals surface area contributed by atoms with Gasteiger partial charge in [-0.3, -0.25) is 5.32 Å². The van der Waals surface area contributed by atoms with Gasteiger partial charge in [0.05, 0.1) is 12.7 Å². The van der Waals surface area contributed by atoms with Gasteiger partial charge in [0.15, 0.2) is 5.82 Å². The largest absolute Gasteiger partial charge is 0.374 e. The van der Waals surface area contributed by atoms with Gasteiger partial charge in [0.1, 0.15) is 0 Å². The maximum Gasteiger partial charge on any atom is 0.329 e. The second-order valence-corrected chi connectivity index (χ2v) is 4.90. The van der Waals surface area contributed by atoms with E-state index in [-0.39, 0.29) is 18.1 Å². The summed E-state index contributed by atoms with van der Waals surface area (Å²) in [5, 5.41) is 6.35. The van der Waals surface area contributed by atoms with E-state index in [2.05, 4.69) is 29.3 Å². The summed E-state index contributed by atoms with van der Waals surface area (Å²) in [7, 11) is 0. The Morgan fingerprint density at radius 3 is 3.00 bits per heavy atom. The maximum absolute atomic E-state index is 12.1. The molecule has 1 N–H and O–H groups in total. The molecule has 106 valence electrons. The second kappa shape index (κ2) is 6.01. The van der Waals surface area contributed by atoms with Crippen molar-refractivity contribution in [3.8, 4) is 0 Å². The van der Waals surface area contributed by atoms with Gasteiger partial charge in [-0.25, -0.2) is 4.79 Å². The summed E-state index contributed by atoms with van der Waals surface area (Å²) >= 11 is 0. The van der Waals surface area contributed by atoms with Crippen LogP contribution in [-0.2, 0) is 11.2 Å². The van der Waals surface area contributed by atoms with E-state index in [1.165, 1.54) is 0 Å². The molecule has 1 atom stereocenters. The first-order valence-electron chi connectivity index (χ1n) is 6.60. The van der Waals surface area contributed by atoms with Gasteiger partial charge in [0.25, 0.3) is 0 Å². The number of carbonyl (C=O) groups is 1. The Labute approximate surface area is 112 Å². The SMILES string of the molecule is CCc1noc(NC(=O)N2CCOC(C(C)C)C2)n1. The zero-order chi connectivity index (χ0) is 13.8. The number of ether oxygens (including phenoxy) is 1. The van der Waals surface area contributed by atoms with Crippen molar-refractivity contribution in [1.29, 1.82) is 0 Å². The summed E-state index contributed by atoms with van der Waals surface area (Å²) in [5.74, 6) is 0.961. The van der Waals surface area contributed by atoms with Crippen molar-refractivity contribution in [1.82, 2.24) is 15.0 Å². The van der Waals surface area contributed by atoms with Crippen LogP contribution in [0.2, 0.25) is 0 Å². The van der Waals surface area contributed by atoms with E-state index in [4.69, 9.17) is 9.26 Å². The van der Waals surface area contributed by atoms with E-state index >= 15 is 0 Å². The van der Waals surface area contributed by atoms with Crippen LogP contribution in [0.1, 0.15) is 26.6 Å². The molecule has 1 aliphatic rings. The van der Waals surface area contributed by atoms with Crippen LogP contribution in [-0.4, -0.2) is 46.9 Å². The predicted molar refractivity (Wildman–Crippen MR) is 68.8 cm³/mol. The van der Waals surface area contributed by atoms with E-state index in [9.17, 15) is 4.79 Å². The van der Waals surface area contributed by atoms with Gasteiger partial charge in [0.2, 0.25) is 0 Å². The number of hydrogen-bond acceptors (Lipinski definition) is 5. The fourth-order valence-electron chi connectivity index (χ4n) is 1.88. The van der Waals surface area contributed by atoms with Gasteiger partial charge >= 0.3 is 12.0 Å². The van der Waals surface area contributed by atoms with E-state index in [1.54, 1.807) is 4.90 Å². The third-order valence-electron chi connectivity index (χ3n) is 3.12. The van der Waals surface area contributed by atoms with Crippen molar-refractivity contribution in [2.24, 2.45) is 5.92 Å². The molecule has 0 aliphatic carbocycles. The fourth-order valence-corrected chi connectivity index (χ4v) is 1.88. The molecular weight excluding hydrogens is 248 g/mol. The Morgan fingerprint density at radius 2 is 2.37 bits per heavy atom. The number of aromatic nitrogens is 2. The van der Waals surface area contributed by atoms with Crippen molar-refractivity contribution < 1.29 is 14.1 Å². The van der Waals surface area contributed by atoms with Crippen molar-refractivity contribution >= 4 is 12.0 Å². The normalized spacial score (nSPS) is 19.8. The molecule has 1 aliphatic heterocycles. The zero-order valence-corrected chi connectivity index (χ0v) is 11.5. The number of anilines is 1. The monoisotopic (exact) mass is 268 g/mol. The van der Waals surface area contributed by atoms with Gasteiger partial charge in [-0.1, -0.05) is 25.9 Å². The molecule has 1 saturated heterocycles. The van der Waals surface area contributed by atoms with Crippen LogP contribution < -0.4 is 5.32 Å². The van der Waals surface area contributed by atoms with Crippen LogP contribution in [0.3, 0.4) is 0 Å². The van der Waals surface area contributed by atoms with Crippen molar-refractivity contribution in [2.45, 2.75) is 33.3 Å². The summed E-state index contributed by atoms with van der Waals surface area (Å²) in [6.45, 7) is 7.79. The third kappa shape index (κ3) is 3.44. The molecule has 2 heterocycles. The minimum absolute atomic E-state index is 0.0772. The van der Waals surface area contributed by atoms with Crippen molar-refractivity contribution in [3.63, 3.8) is 0 Å². The summed E-state index contributed by atoms with van der Waals surface area (Å²) in [6.07, 6.45) is 0.750. The Bertz CT molecular complexity index is 432. The maximum atomic E-state index is 12.1. The zero-order valence-electron chi connectivity index (χ0n) is 11.5. The lowest BCUT2D eigenvalue weighted by Crippen LogP contribution is -2.48. The number of rotatable bonds is 3. The number of urea groups is 1. The highest BCUT2D eigenvalue weighted by molar-refractivity contribution is 5.87. The highest BCUT2D eigenvalue weighted by atomic mass is 16.5. The van der Waals surface area contributed by atoms with Gasteiger partial charge in [-0.2, -0.15) is 4.98 Å². The average Bonchev–Trinajstić information content (AvgIpc) is 2.86. The molecule has 1 aromatic heterocycles. The minimum atomic E-state index is -0.222. The van der Waals surface area contributed by atoms with Gasteiger partial charge in [-0.05, 0) is 5.92 Å². The average molecular weight is 268 g/mol. The van der Waals surface area contributed by atoms with Crippen LogP contribution in [0.5, 0.6) is 0 Å². The molecule has 1 aromatic rings. The van der Waals surface area contributed by atoms with E-state index in [0.29, 0.717) is 37.9 Å². The second-order valence-electron chi connectivity index (χ2n) is 4.90. The molecule has 7 nitrogen and oxygen atoms in total.